The number of carbonyl (C=O) groups is 2. The van der Waals surface area contributed by atoms with E-state index in [2.05, 4.69) is 76.7 Å². The maximum absolute atomic E-state index is 10.3. The third kappa shape index (κ3) is 59.0. The zero-order chi connectivity index (χ0) is 37.8. The number of alkyl halides is 3. The van der Waals surface area contributed by atoms with Crippen molar-refractivity contribution in [3.63, 3.8) is 0 Å². The molecule has 294 valence electrons. The van der Waals surface area contributed by atoms with Crippen LogP contribution < -0.4 is 0 Å². The van der Waals surface area contributed by atoms with Gasteiger partial charge >= 0.3 is 15.6 Å². The molecule has 0 aromatic rings. The summed E-state index contributed by atoms with van der Waals surface area (Å²) in [6, 6.07) is 0. The number of aliphatic hydroxyl groups excluding tert-OH is 1. The summed E-state index contributed by atoms with van der Waals surface area (Å²) in [5.41, 5.74) is -0.692. The Morgan fingerprint density at radius 1 is 0.560 bits per heavy atom. The van der Waals surface area contributed by atoms with Crippen molar-refractivity contribution in [3.8, 4) is 0 Å². The number of hydrogen-bond acceptors (Lipinski definition) is 6. The van der Waals surface area contributed by atoms with Gasteiger partial charge < -0.3 is 19.3 Å². The molecular weight excluding hydrogens is 718 g/mol. The lowest BCUT2D eigenvalue weighted by Crippen LogP contribution is -2.15. The Labute approximate surface area is 326 Å². The van der Waals surface area contributed by atoms with Gasteiger partial charge in [0.15, 0.2) is 0 Å². The van der Waals surface area contributed by atoms with E-state index < -0.39 is 15.6 Å². The van der Waals surface area contributed by atoms with Crippen LogP contribution >= 0.6 is 46.4 Å². The molecule has 0 aliphatic carbocycles. The fraction of sp³-hybridized carbons (Fsp3) is 0.750. The summed E-state index contributed by atoms with van der Waals surface area (Å²) in [5, 5.41) is 8.66. The Bertz CT molecular complexity index is 825. The molecule has 0 radical (unpaired) electrons. The van der Waals surface area contributed by atoms with E-state index in [9.17, 15) is 9.59 Å². The van der Waals surface area contributed by atoms with Crippen LogP contribution in [0.2, 0.25) is 0 Å². The highest BCUT2D eigenvalue weighted by Gasteiger charge is 2.25. The first-order valence-electron chi connectivity index (χ1n) is 19.0. The van der Waals surface area contributed by atoms with Crippen molar-refractivity contribution in [2.24, 2.45) is 0 Å². The Morgan fingerprint density at radius 2 is 0.920 bits per heavy atom. The summed E-state index contributed by atoms with van der Waals surface area (Å²) in [4.78, 5) is 20.5. The van der Waals surface area contributed by atoms with E-state index in [-0.39, 0.29) is 0 Å². The maximum atomic E-state index is 10.3. The summed E-state index contributed by atoms with van der Waals surface area (Å²) >= 11 is 20.1. The molecule has 6 nitrogen and oxygen atoms in total. The molecule has 0 saturated heterocycles. The van der Waals surface area contributed by atoms with E-state index in [0.29, 0.717) is 13.2 Å². The van der Waals surface area contributed by atoms with Gasteiger partial charge in [0.2, 0.25) is 0 Å². The first kappa shape index (κ1) is 53.2. The summed E-state index contributed by atoms with van der Waals surface area (Å²) in [6.45, 7) is 5.30. The van der Waals surface area contributed by atoms with Gasteiger partial charge in [-0.2, -0.15) is 0 Å². The van der Waals surface area contributed by atoms with Gasteiger partial charge in [-0.05, 0) is 112 Å². The number of carbonyl (C=O) groups excluding carboxylic acids is 2. The fourth-order valence-corrected chi connectivity index (χ4v) is 4.74. The summed E-state index contributed by atoms with van der Waals surface area (Å²) < 4.78 is 10.7. The van der Waals surface area contributed by atoms with Crippen LogP contribution in [0.4, 0.5) is 9.59 Å². The van der Waals surface area contributed by atoms with Crippen molar-refractivity contribution in [1.29, 1.82) is 0 Å². The van der Waals surface area contributed by atoms with Crippen LogP contribution in [-0.4, -0.2) is 41.0 Å². The van der Waals surface area contributed by atoms with Gasteiger partial charge in [0, 0.05) is 18.2 Å². The van der Waals surface area contributed by atoms with Crippen LogP contribution in [0, 0.1) is 0 Å². The minimum Gasteiger partial charge on any atom is -0.454 e. The molecule has 0 aromatic carbocycles. The van der Waals surface area contributed by atoms with Crippen LogP contribution in [0.15, 0.2) is 48.6 Å². The highest BCUT2D eigenvalue weighted by molar-refractivity contribution is 6.66. The van der Waals surface area contributed by atoms with Crippen LogP contribution in [0.25, 0.3) is 0 Å². The second-order valence-corrected chi connectivity index (χ2v) is 14.5. The van der Waals surface area contributed by atoms with Gasteiger partial charge in [0.1, 0.15) is 0 Å². The average molecular weight is 789 g/mol. The van der Waals surface area contributed by atoms with Gasteiger partial charge in [0.25, 0.3) is 0 Å². The normalized spacial score (nSPS) is 11.5. The van der Waals surface area contributed by atoms with Crippen LogP contribution in [0.5, 0.6) is 0 Å². The Hall–Kier alpha value is -1.18. The molecule has 0 heterocycles. The lowest BCUT2D eigenvalue weighted by molar-refractivity contribution is 0.0704. The highest BCUT2D eigenvalue weighted by atomic mass is 35.6. The first-order valence-corrected chi connectivity index (χ1v) is 20.5. The molecule has 0 aliphatic heterocycles. The SMILES string of the molecule is CCCCC/C=C\C/C=C\CCCCCCCCO.CCCCC/C=C\C/C=C\CCCCCCCCOC(=O)Cl.COC(=O)OC(Cl)(Cl)Cl. The van der Waals surface area contributed by atoms with Crippen LogP contribution in [0.1, 0.15) is 168 Å². The first-order chi connectivity index (χ1) is 24.1. The molecule has 0 aliphatic rings. The molecule has 10 heteroatoms. The molecule has 0 atom stereocenters. The number of halogens is 4. The topological polar surface area (TPSA) is 82.1 Å². The minimum absolute atomic E-state index is 0.356. The predicted octanol–water partition coefficient (Wildman–Crippen LogP) is 15.1. The maximum Gasteiger partial charge on any atom is 0.511 e. The standard InChI is InChI=1S/C19H33ClO2.C18H34O.C3H3Cl3O3/c1-2-3-4-5-6-7-8-9-10-11-12-13-14-15-16-17-18-22-19(20)21;1-2-3-4-5-6-7-8-9-10-11-12-13-14-15-16-17-18-19;1-8-2(7)9-3(4,5)6/h6-7,9-10H,2-5,8,11-18H2,1H3;6-7,9-10,19H,2-5,8,11-18H2,1H3;1H3/b2*7-6-,10-9-;. The molecule has 0 bridgehead atoms. The molecule has 0 fully saturated rings. The molecule has 50 heavy (non-hydrogen) atoms. The van der Waals surface area contributed by atoms with Crippen molar-refractivity contribution in [2.75, 3.05) is 20.3 Å². The molecule has 0 aromatic heterocycles. The van der Waals surface area contributed by atoms with Crippen LogP contribution in [0.3, 0.4) is 0 Å². The second-order valence-electron chi connectivity index (χ2n) is 12.0. The second kappa shape index (κ2) is 45.8. The van der Waals surface area contributed by atoms with E-state index in [1.165, 1.54) is 122 Å². The quantitative estimate of drug-likeness (QED) is 0.0267. The number of unbranched alkanes of at least 4 members (excludes halogenated alkanes) is 18. The smallest absolute Gasteiger partial charge is 0.454 e. The number of methoxy groups -OCH3 is 1. The largest absolute Gasteiger partial charge is 0.511 e. The van der Waals surface area contributed by atoms with Crippen LogP contribution in [-0.2, 0) is 14.2 Å². The molecule has 0 spiro atoms. The van der Waals surface area contributed by atoms with Gasteiger partial charge in [-0.15, -0.1) is 0 Å². The molecular formula is C40H70Cl4O6. The van der Waals surface area contributed by atoms with E-state index >= 15 is 0 Å². The Balaban J connectivity index is -0.000000717. The number of hydrogen-bond donors (Lipinski definition) is 1. The number of allylic oxidation sites excluding steroid dienone is 8. The van der Waals surface area contributed by atoms with Gasteiger partial charge in [-0.3, -0.25) is 0 Å². The summed E-state index contributed by atoms with van der Waals surface area (Å²) in [5.74, 6) is 0. The van der Waals surface area contributed by atoms with Crippen molar-refractivity contribution in [1.82, 2.24) is 0 Å². The Kier molecular flexibility index (Phi) is 48.8. The predicted molar refractivity (Wildman–Crippen MR) is 217 cm³/mol. The van der Waals surface area contributed by atoms with Crippen molar-refractivity contribution in [3.05, 3.63) is 48.6 Å². The average Bonchev–Trinajstić information content (AvgIpc) is 3.07. The van der Waals surface area contributed by atoms with Gasteiger partial charge in [-0.25, -0.2) is 9.59 Å². The molecule has 0 amide bonds. The van der Waals surface area contributed by atoms with E-state index in [1.54, 1.807) is 0 Å². The number of rotatable bonds is 29. The summed E-state index contributed by atoms with van der Waals surface area (Å²) in [6.07, 6.45) is 46.9. The monoisotopic (exact) mass is 786 g/mol. The van der Waals surface area contributed by atoms with Crippen molar-refractivity contribution >= 4 is 58.0 Å². The molecule has 1 N–H and O–H groups in total. The lowest BCUT2D eigenvalue weighted by Gasteiger charge is -2.09. The van der Waals surface area contributed by atoms with Crippen molar-refractivity contribution in [2.45, 2.75) is 172 Å². The zero-order valence-corrected chi connectivity index (χ0v) is 34.5. The minimum atomic E-state index is -2.03. The third-order valence-electron chi connectivity index (χ3n) is 7.28. The molecule has 0 unspecified atom stereocenters. The summed E-state index contributed by atoms with van der Waals surface area (Å²) in [7, 11) is 1.11. The molecule has 0 rings (SSSR count). The van der Waals surface area contributed by atoms with Gasteiger partial charge in [-0.1, -0.05) is 140 Å². The van der Waals surface area contributed by atoms with E-state index in [4.69, 9.17) is 51.5 Å². The highest BCUT2D eigenvalue weighted by Crippen LogP contribution is 2.27. The molecule has 0 saturated carbocycles. The van der Waals surface area contributed by atoms with E-state index in [0.717, 1.165) is 39.2 Å². The zero-order valence-electron chi connectivity index (χ0n) is 31.5. The van der Waals surface area contributed by atoms with E-state index in [1.807, 2.05) is 0 Å². The third-order valence-corrected chi connectivity index (χ3v) is 7.63. The van der Waals surface area contributed by atoms with Gasteiger partial charge in [0.05, 0.1) is 13.7 Å². The lowest BCUT2D eigenvalue weighted by atomic mass is 10.1. The van der Waals surface area contributed by atoms with Crippen molar-refractivity contribution < 1.29 is 28.9 Å². The number of ether oxygens (including phenoxy) is 3. The Morgan fingerprint density at radius 3 is 1.24 bits per heavy atom. The fourth-order valence-electron chi connectivity index (χ4n) is 4.48. The number of aliphatic hydroxyl groups is 1.